The maximum absolute atomic E-state index is 12.6. The van der Waals surface area contributed by atoms with E-state index >= 15 is 0 Å². The Morgan fingerprint density at radius 3 is 2.65 bits per heavy atom. The summed E-state index contributed by atoms with van der Waals surface area (Å²) in [7, 11) is 0. The van der Waals surface area contributed by atoms with Gasteiger partial charge in [0.1, 0.15) is 6.29 Å². The number of amides is 2. The Bertz CT molecular complexity index is 662. The van der Waals surface area contributed by atoms with Gasteiger partial charge >= 0.3 is 0 Å². The fraction of sp³-hybridized carbons (Fsp3) is 0.526. The smallest absolute Gasteiger partial charge is 0.242 e. The van der Waals surface area contributed by atoms with Crippen molar-refractivity contribution < 1.29 is 14.4 Å². The van der Waals surface area contributed by atoms with E-state index in [4.69, 9.17) is 0 Å². The molecule has 1 unspecified atom stereocenters. The number of carbonyl (C=O) groups excluding carboxylic acids is 3. The van der Waals surface area contributed by atoms with Gasteiger partial charge in [-0.1, -0.05) is 30.3 Å². The lowest BCUT2D eigenvalue weighted by Crippen LogP contribution is -2.44. The van der Waals surface area contributed by atoms with Crippen molar-refractivity contribution in [3.05, 3.63) is 35.9 Å². The predicted octanol–water partition coefficient (Wildman–Crippen LogP) is 2.27. The second kappa shape index (κ2) is 8.48. The van der Waals surface area contributed by atoms with Gasteiger partial charge in [-0.25, -0.2) is 0 Å². The highest BCUT2D eigenvalue weighted by Gasteiger charge is 2.47. The number of aldehydes is 1. The van der Waals surface area contributed by atoms with Crippen LogP contribution in [0.25, 0.3) is 0 Å². The van der Waals surface area contributed by atoms with Crippen LogP contribution in [-0.2, 0) is 14.4 Å². The Hall–Kier alpha value is -1.47. The Balaban J connectivity index is 1.57. The summed E-state index contributed by atoms with van der Waals surface area (Å²) < 4.78 is -0.0547. The van der Waals surface area contributed by atoms with Gasteiger partial charge in [-0.3, -0.25) is 9.59 Å². The standard InChI is InChI=1S/C19H24N2O3S2/c1-14(15-6-3-2-4-7-15)18(24)20-11-17(23)21-13-19(10-16(21)12-22)25-8-5-9-26-19/h2-4,6-7,12,14,16H,5,8-11,13H2,1H3,(H,20,24)/t14?,16-/m0/s1. The van der Waals surface area contributed by atoms with Gasteiger partial charge in [-0.15, -0.1) is 23.5 Å². The largest absolute Gasteiger partial charge is 0.347 e. The molecule has 1 aromatic rings. The van der Waals surface area contributed by atoms with Gasteiger partial charge in [0, 0.05) is 13.0 Å². The summed E-state index contributed by atoms with van der Waals surface area (Å²) in [5.74, 6) is 1.47. The highest BCUT2D eigenvalue weighted by molar-refractivity contribution is 8.18. The zero-order valence-electron chi connectivity index (χ0n) is 14.8. The van der Waals surface area contributed by atoms with E-state index in [0.717, 1.165) is 23.4 Å². The summed E-state index contributed by atoms with van der Waals surface area (Å²) in [6, 6.07) is 9.10. The van der Waals surface area contributed by atoms with E-state index in [1.165, 1.54) is 6.42 Å². The molecular weight excluding hydrogens is 368 g/mol. The van der Waals surface area contributed by atoms with Crippen molar-refractivity contribution in [3.63, 3.8) is 0 Å². The number of carbonyl (C=O) groups is 3. The molecule has 2 fully saturated rings. The van der Waals surface area contributed by atoms with Crippen molar-refractivity contribution in [2.45, 2.75) is 35.8 Å². The van der Waals surface area contributed by atoms with Crippen LogP contribution < -0.4 is 5.32 Å². The van der Waals surface area contributed by atoms with Gasteiger partial charge in [0.25, 0.3) is 0 Å². The number of nitrogens with zero attached hydrogens (tertiary/aromatic N) is 1. The number of nitrogens with one attached hydrogen (secondary N) is 1. The highest BCUT2D eigenvalue weighted by atomic mass is 32.2. The molecule has 2 aliphatic rings. The van der Waals surface area contributed by atoms with Crippen molar-refractivity contribution in [1.29, 1.82) is 0 Å². The lowest BCUT2D eigenvalue weighted by Gasteiger charge is -2.31. The molecule has 1 spiro atoms. The molecule has 26 heavy (non-hydrogen) atoms. The summed E-state index contributed by atoms with van der Waals surface area (Å²) >= 11 is 3.73. The van der Waals surface area contributed by atoms with E-state index in [1.54, 1.807) is 4.90 Å². The Morgan fingerprint density at radius 1 is 1.31 bits per heavy atom. The van der Waals surface area contributed by atoms with Crippen LogP contribution in [0.5, 0.6) is 0 Å². The molecule has 2 amide bonds. The molecule has 0 aliphatic carbocycles. The van der Waals surface area contributed by atoms with E-state index in [0.29, 0.717) is 13.0 Å². The van der Waals surface area contributed by atoms with Crippen molar-refractivity contribution in [2.75, 3.05) is 24.6 Å². The second-order valence-corrected chi connectivity index (χ2v) is 9.96. The minimum Gasteiger partial charge on any atom is -0.347 e. The molecule has 7 heteroatoms. The average molecular weight is 393 g/mol. The minimum atomic E-state index is -0.385. The van der Waals surface area contributed by atoms with E-state index < -0.39 is 0 Å². The van der Waals surface area contributed by atoms with Crippen LogP contribution in [0.3, 0.4) is 0 Å². The third kappa shape index (κ3) is 4.26. The maximum atomic E-state index is 12.6. The molecule has 0 bridgehead atoms. The quantitative estimate of drug-likeness (QED) is 0.779. The summed E-state index contributed by atoms with van der Waals surface area (Å²) in [4.78, 5) is 38.1. The molecule has 2 aliphatic heterocycles. The molecule has 2 saturated heterocycles. The summed E-state index contributed by atoms with van der Waals surface area (Å²) in [6.45, 7) is 2.34. The average Bonchev–Trinajstić information content (AvgIpc) is 3.04. The maximum Gasteiger partial charge on any atom is 0.242 e. The van der Waals surface area contributed by atoms with E-state index in [1.807, 2.05) is 60.8 Å². The van der Waals surface area contributed by atoms with Gasteiger partial charge in [0.05, 0.1) is 22.6 Å². The first-order valence-electron chi connectivity index (χ1n) is 8.90. The monoisotopic (exact) mass is 392 g/mol. The Kier molecular flexibility index (Phi) is 6.29. The van der Waals surface area contributed by atoms with Gasteiger partial charge in [-0.05, 0) is 30.4 Å². The van der Waals surface area contributed by atoms with Crippen LogP contribution in [0.1, 0.15) is 31.2 Å². The SMILES string of the molecule is CC(C(=O)NCC(=O)N1CC2(C[C@H]1C=O)SCCCS2)c1ccccc1. The molecule has 0 saturated carbocycles. The fourth-order valence-corrected chi connectivity index (χ4v) is 6.78. The molecule has 0 aromatic heterocycles. The van der Waals surface area contributed by atoms with Crippen LogP contribution in [0, 0.1) is 0 Å². The van der Waals surface area contributed by atoms with Crippen molar-refractivity contribution in [3.8, 4) is 0 Å². The number of likely N-dealkylation sites (tertiary alicyclic amines) is 1. The molecule has 1 aromatic carbocycles. The molecule has 0 radical (unpaired) electrons. The first-order chi connectivity index (χ1) is 12.5. The summed E-state index contributed by atoms with van der Waals surface area (Å²) in [5, 5.41) is 2.73. The minimum absolute atomic E-state index is 0.0547. The van der Waals surface area contributed by atoms with Gasteiger partial charge in [-0.2, -0.15) is 0 Å². The van der Waals surface area contributed by atoms with Crippen molar-refractivity contribution in [1.82, 2.24) is 10.2 Å². The van der Waals surface area contributed by atoms with Gasteiger partial charge in [0.15, 0.2) is 0 Å². The number of hydrogen-bond acceptors (Lipinski definition) is 5. The first kappa shape index (κ1) is 19.3. The molecule has 2 heterocycles. The van der Waals surface area contributed by atoms with Crippen LogP contribution in [-0.4, -0.2) is 57.7 Å². The number of thioether (sulfide) groups is 2. The van der Waals surface area contributed by atoms with E-state index in [-0.39, 0.29) is 34.4 Å². The molecule has 1 N–H and O–H groups in total. The second-order valence-electron chi connectivity index (χ2n) is 6.74. The van der Waals surface area contributed by atoms with Crippen molar-refractivity contribution in [2.24, 2.45) is 0 Å². The number of hydrogen-bond donors (Lipinski definition) is 1. The zero-order chi connectivity index (χ0) is 18.6. The van der Waals surface area contributed by atoms with Crippen LogP contribution in [0.4, 0.5) is 0 Å². The molecule has 2 atom stereocenters. The number of benzene rings is 1. The third-order valence-electron chi connectivity index (χ3n) is 4.93. The third-order valence-corrected chi connectivity index (χ3v) is 8.27. The molecule has 5 nitrogen and oxygen atoms in total. The first-order valence-corrected chi connectivity index (χ1v) is 10.9. The molecule has 3 rings (SSSR count). The van der Waals surface area contributed by atoms with Gasteiger partial charge in [0.2, 0.25) is 11.8 Å². The molecule has 140 valence electrons. The highest BCUT2D eigenvalue weighted by Crippen LogP contribution is 2.49. The van der Waals surface area contributed by atoms with Crippen LogP contribution >= 0.6 is 23.5 Å². The van der Waals surface area contributed by atoms with Gasteiger partial charge < -0.3 is 15.0 Å². The predicted molar refractivity (Wildman–Crippen MR) is 106 cm³/mol. The van der Waals surface area contributed by atoms with E-state index in [2.05, 4.69) is 5.32 Å². The lowest BCUT2D eigenvalue weighted by atomic mass is 10.0. The normalized spacial score (nSPS) is 22.8. The van der Waals surface area contributed by atoms with Crippen molar-refractivity contribution >= 4 is 41.6 Å². The Labute approximate surface area is 162 Å². The lowest BCUT2D eigenvalue weighted by molar-refractivity contribution is -0.135. The topological polar surface area (TPSA) is 66.5 Å². The summed E-state index contributed by atoms with van der Waals surface area (Å²) in [6.07, 6.45) is 2.74. The fourth-order valence-electron chi connectivity index (χ4n) is 3.40. The number of rotatable bonds is 5. The zero-order valence-corrected chi connectivity index (χ0v) is 16.5. The molecular formula is C19H24N2O3S2. The Morgan fingerprint density at radius 2 is 2.00 bits per heavy atom. The van der Waals surface area contributed by atoms with Crippen LogP contribution in [0.15, 0.2) is 30.3 Å². The van der Waals surface area contributed by atoms with E-state index in [9.17, 15) is 14.4 Å². The van der Waals surface area contributed by atoms with Crippen LogP contribution in [0.2, 0.25) is 0 Å². The summed E-state index contributed by atoms with van der Waals surface area (Å²) in [5.41, 5.74) is 0.915.